The van der Waals surface area contributed by atoms with E-state index in [1.54, 1.807) is 0 Å². The van der Waals surface area contributed by atoms with E-state index in [2.05, 4.69) is 19.2 Å². The van der Waals surface area contributed by atoms with Crippen LogP contribution in [-0.4, -0.2) is 19.8 Å². The van der Waals surface area contributed by atoms with E-state index in [4.69, 9.17) is 10.5 Å². The first-order chi connectivity index (χ1) is 8.59. The molecule has 1 fully saturated rings. The van der Waals surface area contributed by atoms with Gasteiger partial charge in [-0.15, -0.1) is 0 Å². The Morgan fingerprint density at radius 2 is 1.94 bits per heavy atom. The number of ether oxygens (including phenoxy) is 1. The average molecular weight is 248 g/mol. The molecule has 2 rings (SSSR count). The summed E-state index contributed by atoms with van der Waals surface area (Å²) in [6.07, 6.45) is 2.33. The molecule has 0 aromatic heterocycles. The largest absolute Gasteiger partial charge is 0.397 e. The number of hydrogen-bond acceptors (Lipinski definition) is 3. The van der Waals surface area contributed by atoms with E-state index < -0.39 is 0 Å². The van der Waals surface area contributed by atoms with Crippen molar-refractivity contribution in [2.75, 3.05) is 30.8 Å². The molecule has 0 radical (unpaired) electrons. The van der Waals surface area contributed by atoms with Crippen LogP contribution in [0.2, 0.25) is 0 Å². The van der Waals surface area contributed by atoms with Crippen LogP contribution < -0.4 is 11.1 Å². The van der Waals surface area contributed by atoms with Crippen molar-refractivity contribution < 1.29 is 4.74 Å². The van der Waals surface area contributed by atoms with Crippen LogP contribution in [0.3, 0.4) is 0 Å². The van der Waals surface area contributed by atoms with E-state index in [1.165, 1.54) is 12.8 Å². The number of benzene rings is 1. The standard InChI is InChI=1S/C15H24N2O/c1-15(2,12-7-9-18-10-8-12)11-17-14-6-4-3-5-13(14)16/h3-6,12,17H,7-11,16H2,1-2H3. The van der Waals surface area contributed by atoms with Gasteiger partial charge in [-0.25, -0.2) is 0 Å². The predicted molar refractivity (Wildman–Crippen MR) is 76.7 cm³/mol. The van der Waals surface area contributed by atoms with Gasteiger partial charge in [-0.1, -0.05) is 26.0 Å². The first-order valence-corrected chi connectivity index (χ1v) is 6.76. The molecular weight excluding hydrogens is 224 g/mol. The van der Waals surface area contributed by atoms with Gasteiger partial charge in [0.25, 0.3) is 0 Å². The van der Waals surface area contributed by atoms with Crippen molar-refractivity contribution in [3.05, 3.63) is 24.3 Å². The smallest absolute Gasteiger partial charge is 0.0574 e. The Bertz CT molecular complexity index is 384. The summed E-state index contributed by atoms with van der Waals surface area (Å²) in [5, 5.41) is 3.48. The van der Waals surface area contributed by atoms with Crippen molar-refractivity contribution in [1.29, 1.82) is 0 Å². The van der Waals surface area contributed by atoms with Crippen molar-refractivity contribution in [2.24, 2.45) is 11.3 Å². The maximum atomic E-state index is 5.95. The van der Waals surface area contributed by atoms with E-state index in [0.717, 1.165) is 37.1 Å². The van der Waals surface area contributed by atoms with Crippen LogP contribution in [0.25, 0.3) is 0 Å². The molecule has 0 unspecified atom stereocenters. The van der Waals surface area contributed by atoms with Crippen LogP contribution in [0.4, 0.5) is 11.4 Å². The molecule has 3 N–H and O–H groups in total. The summed E-state index contributed by atoms with van der Waals surface area (Å²) in [6, 6.07) is 7.95. The maximum Gasteiger partial charge on any atom is 0.0574 e. The van der Waals surface area contributed by atoms with Crippen molar-refractivity contribution in [2.45, 2.75) is 26.7 Å². The Morgan fingerprint density at radius 3 is 2.61 bits per heavy atom. The second-order valence-corrected chi connectivity index (χ2v) is 5.82. The van der Waals surface area contributed by atoms with Gasteiger partial charge in [-0.05, 0) is 36.3 Å². The minimum atomic E-state index is 0.270. The summed E-state index contributed by atoms with van der Waals surface area (Å²) in [5.74, 6) is 0.726. The lowest BCUT2D eigenvalue weighted by Crippen LogP contribution is -2.35. The molecule has 0 aliphatic carbocycles. The number of nitrogens with one attached hydrogen (secondary N) is 1. The number of para-hydroxylation sites is 2. The van der Waals surface area contributed by atoms with E-state index in [-0.39, 0.29) is 5.41 Å². The fourth-order valence-electron chi connectivity index (χ4n) is 2.60. The molecule has 0 amide bonds. The second kappa shape index (κ2) is 5.61. The van der Waals surface area contributed by atoms with Crippen LogP contribution in [0.5, 0.6) is 0 Å². The minimum absolute atomic E-state index is 0.270. The van der Waals surface area contributed by atoms with Gasteiger partial charge in [-0.2, -0.15) is 0 Å². The van der Waals surface area contributed by atoms with E-state index in [0.29, 0.717) is 0 Å². The van der Waals surface area contributed by atoms with Crippen molar-refractivity contribution in [3.63, 3.8) is 0 Å². The molecule has 1 aliphatic heterocycles. The van der Waals surface area contributed by atoms with E-state index in [9.17, 15) is 0 Å². The van der Waals surface area contributed by atoms with Crippen molar-refractivity contribution >= 4 is 11.4 Å². The van der Waals surface area contributed by atoms with E-state index in [1.807, 2.05) is 24.3 Å². The highest BCUT2D eigenvalue weighted by molar-refractivity contribution is 5.65. The molecule has 1 aromatic rings. The molecular formula is C15H24N2O. The van der Waals surface area contributed by atoms with Crippen LogP contribution in [0, 0.1) is 11.3 Å². The first kappa shape index (κ1) is 13.2. The topological polar surface area (TPSA) is 47.3 Å². The van der Waals surface area contributed by atoms with Gasteiger partial charge < -0.3 is 15.8 Å². The van der Waals surface area contributed by atoms with Gasteiger partial charge in [0.2, 0.25) is 0 Å². The Labute approximate surface area is 110 Å². The zero-order chi connectivity index (χ0) is 13.0. The summed E-state index contributed by atoms with van der Waals surface area (Å²) >= 11 is 0. The molecule has 3 nitrogen and oxygen atoms in total. The molecule has 0 bridgehead atoms. The third-order valence-electron chi connectivity index (χ3n) is 4.02. The summed E-state index contributed by atoms with van der Waals surface area (Å²) < 4.78 is 5.44. The predicted octanol–water partition coefficient (Wildman–Crippen LogP) is 3.13. The lowest BCUT2D eigenvalue weighted by molar-refractivity contribution is 0.0269. The summed E-state index contributed by atoms with van der Waals surface area (Å²) in [6.45, 7) is 7.42. The van der Waals surface area contributed by atoms with Crippen LogP contribution in [0.1, 0.15) is 26.7 Å². The zero-order valence-electron chi connectivity index (χ0n) is 11.4. The molecule has 18 heavy (non-hydrogen) atoms. The van der Waals surface area contributed by atoms with Gasteiger partial charge >= 0.3 is 0 Å². The minimum Gasteiger partial charge on any atom is -0.397 e. The fourth-order valence-corrected chi connectivity index (χ4v) is 2.60. The number of anilines is 2. The molecule has 1 saturated heterocycles. The van der Waals surface area contributed by atoms with Gasteiger partial charge in [0.1, 0.15) is 0 Å². The number of nitrogen functional groups attached to an aromatic ring is 1. The lowest BCUT2D eigenvalue weighted by atomic mass is 9.74. The number of hydrogen-bond donors (Lipinski definition) is 2. The quantitative estimate of drug-likeness (QED) is 0.805. The molecule has 1 heterocycles. The number of rotatable bonds is 4. The highest BCUT2D eigenvalue weighted by Crippen LogP contribution is 2.34. The Morgan fingerprint density at radius 1 is 1.28 bits per heavy atom. The van der Waals surface area contributed by atoms with Crippen molar-refractivity contribution in [3.8, 4) is 0 Å². The molecule has 0 spiro atoms. The third-order valence-corrected chi connectivity index (χ3v) is 4.02. The molecule has 0 atom stereocenters. The third kappa shape index (κ3) is 3.16. The van der Waals surface area contributed by atoms with Gasteiger partial charge in [0.05, 0.1) is 11.4 Å². The molecule has 1 aromatic carbocycles. The SMILES string of the molecule is CC(C)(CNc1ccccc1N)C1CCOCC1. The molecule has 0 saturated carbocycles. The number of nitrogens with two attached hydrogens (primary N) is 1. The molecule has 100 valence electrons. The summed E-state index contributed by atoms with van der Waals surface area (Å²) in [5.41, 5.74) is 8.07. The normalized spacial score (nSPS) is 17.7. The monoisotopic (exact) mass is 248 g/mol. The molecule has 1 aliphatic rings. The Kier molecular flexibility index (Phi) is 4.12. The van der Waals surface area contributed by atoms with Gasteiger partial charge in [0, 0.05) is 19.8 Å². The van der Waals surface area contributed by atoms with Gasteiger partial charge in [-0.3, -0.25) is 0 Å². The zero-order valence-corrected chi connectivity index (χ0v) is 11.4. The van der Waals surface area contributed by atoms with Crippen molar-refractivity contribution in [1.82, 2.24) is 0 Å². The second-order valence-electron chi connectivity index (χ2n) is 5.82. The lowest BCUT2D eigenvalue weighted by Gasteiger charge is -2.37. The maximum absolute atomic E-state index is 5.95. The summed E-state index contributed by atoms with van der Waals surface area (Å²) in [4.78, 5) is 0. The average Bonchev–Trinajstić information content (AvgIpc) is 2.39. The van der Waals surface area contributed by atoms with Crippen LogP contribution >= 0.6 is 0 Å². The summed E-state index contributed by atoms with van der Waals surface area (Å²) in [7, 11) is 0. The van der Waals surface area contributed by atoms with E-state index >= 15 is 0 Å². The molecule has 3 heteroatoms. The van der Waals surface area contributed by atoms with Crippen LogP contribution in [0.15, 0.2) is 24.3 Å². The highest BCUT2D eigenvalue weighted by atomic mass is 16.5. The fraction of sp³-hybridized carbons (Fsp3) is 0.600. The first-order valence-electron chi connectivity index (χ1n) is 6.76. The Hall–Kier alpha value is -1.22. The van der Waals surface area contributed by atoms with Crippen LogP contribution in [-0.2, 0) is 4.74 Å². The highest BCUT2D eigenvalue weighted by Gasteiger charge is 2.30. The Balaban J connectivity index is 1.94. The van der Waals surface area contributed by atoms with Gasteiger partial charge in [0.15, 0.2) is 0 Å².